The molecular weight excluding hydrogens is 408 g/mol. The van der Waals surface area contributed by atoms with E-state index in [4.69, 9.17) is 9.47 Å². The summed E-state index contributed by atoms with van der Waals surface area (Å²) >= 11 is 0. The monoisotopic (exact) mass is 432 g/mol. The fourth-order valence-electron chi connectivity index (χ4n) is 3.33. The summed E-state index contributed by atoms with van der Waals surface area (Å²) in [6.07, 6.45) is 2.74. The van der Waals surface area contributed by atoms with Crippen molar-refractivity contribution >= 4 is 11.4 Å². The van der Waals surface area contributed by atoms with Crippen LogP contribution in [0.4, 0.5) is 0 Å². The number of hydrogen-bond acceptors (Lipinski definition) is 5. The number of carbonyl (C=O) groups is 1. The van der Waals surface area contributed by atoms with Crippen molar-refractivity contribution in [3.8, 4) is 22.8 Å². The molecule has 2 heterocycles. The number of nitrogens with zero attached hydrogens (tertiary/aromatic N) is 3. The predicted molar refractivity (Wildman–Crippen MR) is 121 cm³/mol. The van der Waals surface area contributed by atoms with E-state index in [-0.39, 0.29) is 11.5 Å². The highest BCUT2D eigenvalue weighted by atomic mass is 16.5. The lowest BCUT2D eigenvalue weighted by Crippen LogP contribution is -2.38. The molecule has 1 atom stereocenters. The molecule has 2 aromatic heterocycles. The van der Waals surface area contributed by atoms with Crippen LogP contribution in [-0.4, -0.2) is 39.8 Å². The average molecular weight is 432 g/mol. The Kier molecular flexibility index (Phi) is 6.21. The molecule has 1 N–H and O–H groups in total. The summed E-state index contributed by atoms with van der Waals surface area (Å²) in [6, 6.07) is 18.4. The van der Waals surface area contributed by atoms with Gasteiger partial charge in [0.15, 0.2) is 6.10 Å². The van der Waals surface area contributed by atoms with Gasteiger partial charge < -0.3 is 19.4 Å². The van der Waals surface area contributed by atoms with Gasteiger partial charge in [-0.2, -0.15) is 5.10 Å². The first-order chi connectivity index (χ1) is 15.5. The molecule has 0 aliphatic heterocycles. The van der Waals surface area contributed by atoms with Gasteiger partial charge in [-0.15, -0.1) is 0 Å². The van der Waals surface area contributed by atoms with Crippen LogP contribution in [0.5, 0.6) is 11.5 Å². The lowest BCUT2D eigenvalue weighted by molar-refractivity contribution is -0.127. The fraction of sp³-hybridized carbons (Fsp3) is 0.208. The van der Waals surface area contributed by atoms with E-state index < -0.39 is 6.10 Å². The van der Waals surface area contributed by atoms with E-state index >= 15 is 0 Å². The van der Waals surface area contributed by atoms with E-state index in [0.29, 0.717) is 30.0 Å². The molecule has 1 amide bonds. The van der Waals surface area contributed by atoms with E-state index in [0.717, 1.165) is 11.3 Å². The number of nitrogens with one attached hydrogen (secondary N) is 1. The van der Waals surface area contributed by atoms with Gasteiger partial charge in [0.1, 0.15) is 17.0 Å². The molecule has 2 aromatic carbocycles. The molecule has 0 radical (unpaired) electrons. The van der Waals surface area contributed by atoms with E-state index in [1.54, 1.807) is 53.7 Å². The summed E-state index contributed by atoms with van der Waals surface area (Å²) in [5.74, 6) is 1.11. The Labute approximate surface area is 185 Å². The van der Waals surface area contributed by atoms with Crippen molar-refractivity contribution in [1.29, 1.82) is 0 Å². The third-order valence-corrected chi connectivity index (χ3v) is 5.05. The summed E-state index contributed by atoms with van der Waals surface area (Å²) in [5.41, 5.74) is 1.81. The van der Waals surface area contributed by atoms with Crippen LogP contribution >= 0.6 is 0 Å². The quantitative estimate of drug-likeness (QED) is 0.463. The number of para-hydroxylation sites is 1. The molecule has 0 spiro atoms. The Morgan fingerprint density at radius 2 is 1.84 bits per heavy atom. The predicted octanol–water partition coefficient (Wildman–Crippen LogP) is 2.76. The number of aromatic nitrogens is 3. The van der Waals surface area contributed by atoms with Crippen molar-refractivity contribution in [2.24, 2.45) is 0 Å². The second-order valence-electron chi connectivity index (χ2n) is 7.25. The molecule has 8 heteroatoms. The third-order valence-electron chi connectivity index (χ3n) is 5.05. The lowest BCUT2D eigenvalue weighted by Gasteiger charge is -2.15. The molecule has 0 aliphatic carbocycles. The number of benzene rings is 2. The topological polar surface area (TPSA) is 86.9 Å². The van der Waals surface area contributed by atoms with Gasteiger partial charge in [0, 0.05) is 31.0 Å². The highest BCUT2D eigenvalue weighted by molar-refractivity contribution is 5.80. The van der Waals surface area contributed by atoms with Crippen LogP contribution in [0.15, 0.2) is 77.9 Å². The zero-order valence-corrected chi connectivity index (χ0v) is 17.9. The van der Waals surface area contributed by atoms with E-state index in [1.807, 2.05) is 42.5 Å². The van der Waals surface area contributed by atoms with Crippen molar-refractivity contribution in [3.63, 3.8) is 0 Å². The minimum absolute atomic E-state index is 0.183. The molecule has 4 aromatic rings. The van der Waals surface area contributed by atoms with Crippen molar-refractivity contribution in [1.82, 2.24) is 19.5 Å². The molecular formula is C24H24N4O4. The highest BCUT2D eigenvalue weighted by Crippen LogP contribution is 2.23. The Balaban J connectivity index is 1.42. The normalized spacial score (nSPS) is 11.8. The summed E-state index contributed by atoms with van der Waals surface area (Å²) in [5, 5.41) is 7.30. The molecule has 32 heavy (non-hydrogen) atoms. The summed E-state index contributed by atoms with van der Waals surface area (Å²) in [6.45, 7) is 2.32. The van der Waals surface area contributed by atoms with Crippen LogP contribution in [0.2, 0.25) is 0 Å². The van der Waals surface area contributed by atoms with Gasteiger partial charge in [0.05, 0.1) is 12.8 Å². The van der Waals surface area contributed by atoms with Gasteiger partial charge >= 0.3 is 0 Å². The molecule has 0 saturated carbocycles. The Hall–Kier alpha value is -4.07. The average Bonchev–Trinajstić information content (AvgIpc) is 3.26. The number of methoxy groups -OCH3 is 1. The first-order valence-electron chi connectivity index (χ1n) is 10.3. The third kappa shape index (κ3) is 4.64. The highest BCUT2D eigenvalue weighted by Gasteiger charge is 2.14. The van der Waals surface area contributed by atoms with Crippen molar-refractivity contribution in [2.45, 2.75) is 19.6 Å². The minimum atomic E-state index is -0.642. The molecule has 0 fully saturated rings. The van der Waals surface area contributed by atoms with Gasteiger partial charge in [-0.3, -0.25) is 9.59 Å². The maximum absolute atomic E-state index is 12.9. The van der Waals surface area contributed by atoms with Crippen LogP contribution in [-0.2, 0) is 11.3 Å². The molecule has 0 saturated heterocycles. The smallest absolute Gasteiger partial charge is 0.276 e. The van der Waals surface area contributed by atoms with Gasteiger partial charge in [-0.05, 0) is 37.3 Å². The second-order valence-corrected chi connectivity index (χ2v) is 7.25. The van der Waals surface area contributed by atoms with E-state index in [2.05, 4.69) is 10.4 Å². The Morgan fingerprint density at radius 1 is 1.06 bits per heavy atom. The maximum Gasteiger partial charge on any atom is 0.276 e. The number of ether oxygens (including phenoxy) is 2. The number of amides is 1. The van der Waals surface area contributed by atoms with Gasteiger partial charge in [-0.25, -0.2) is 4.52 Å². The Morgan fingerprint density at radius 3 is 2.62 bits per heavy atom. The van der Waals surface area contributed by atoms with E-state index in [9.17, 15) is 9.59 Å². The SMILES string of the molecule is COc1cccc(-c2cc3c(=O)n(CCNC(=O)[C@H](C)Oc4ccccc4)ccn3n2)c1. The van der Waals surface area contributed by atoms with Crippen LogP contribution in [0.25, 0.3) is 16.8 Å². The van der Waals surface area contributed by atoms with E-state index in [1.165, 1.54) is 0 Å². The van der Waals surface area contributed by atoms with Crippen LogP contribution in [0.3, 0.4) is 0 Å². The minimum Gasteiger partial charge on any atom is -0.497 e. The fourth-order valence-corrected chi connectivity index (χ4v) is 3.33. The largest absolute Gasteiger partial charge is 0.497 e. The van der Waals surface area contributed by atoms with Gasteiger partial charge in [0.25, 0.3) is 11.5 Å². The molecule has 4 rings (SSSR count). The molecule has 0 unspecified atom stereocenters. The molecule has 0 aliphatic rings. The maximum atomic E-state index is 12.9. The van der Waals surface area contributed by atoms with Gasteiger partial charge in [-0.1, -0.05) is 30.3 Å². The first-order valence-corrected chi connectivity index (χ1v) is 10.3. The second kappa shape index (κ2) is 9.38. The lowest BCUT2D eigenvalue weighted by atomic mass is 10.1. The first kappa shape index (κ1) is 21.2. The molecule has 0 bridgehead atoms. The van der Waals surface area contributed by atoms with Crippen molar-refractivity contribution in [2.75, 3.05) is 13.7 Å². The zero-order valence-electron chi connectivity index (χ0n) is 17.9. The zero-order chi connectivity index (χ0) is 22.5. The van der Waals surface area contributed by atoms with Crippen molar-refractivity contribution in [3.05, 3.63) is 83.4 Å². The number of rotatable bonds is 8. The van der Waals surface area contributed by atoms with Crippen LogP contribution < -0.4 is 20.3 Å². The molecule has 164 valence electrons. The standard InChI is InChI=1S/C24H24N4O4/c1-17(32-19-8-4-3-5-9-19)23(29)25-11-12-27-13-14-28-22(24(27)30)16-21(26-28)18-7-6-10-20(15-18)31-2/h3-10,13-17H,11-12H2,1-2H3,(H,25,29)/t17-/m0/s1. The number of fused-ring (bicyclic) bond motifs is 1. The van der Waals surface area contributed by atoms with Crippen LogP contribution in [0, 0.1) is 0 Å². The van der Waals surface area contributed by atoms with Crippen LogP contribution in [0.1, 0.15) is 6.92 Å². The summed E-state index contributed by atoms with van der Waals surface area (Å²) in [7, 11) is 1.61. The number of carbonyl (C=O) groups excluding carboxylic acids is 1. The Bertz CT molecular complexity index is 1280. The number of hydrogen-bond donors (Lipinski definition) is 1. The summed E-state index contributed by atoms with van der Waals surface area (Å²) < 4.78 is 14.0. The summed E-state index contributed by atoms with van der Waals surface area (Å²) in [4.78, 5) is 25.2. The van der Waals surface area contributed by atoms with Gasteiger partial charge in [0.2, 0.25) is 0 Å². The van der Waals surface area contributed by atoms with Crippen molar-refractivity contribution < 1.29 is 14.3 Å². The molecule has 8 nitrogen and oxygen atoms in total.